The molecule has 1 heterocycles. The maximum absolute atomic E-state index is 12.8. The summed E-state index contributed by atoms with van der Waals surface area (Å²) in [7, 11) is 0. The highest BCUT2D eigenvalue weighted by Gasteiger charge is 2.14. The molecule has 2 rings (SSSR count). The molecule has 0 fully saturated rings. The zero-order valence-corrected chi connectivity index (χ0v) is 12.0. The second-order valence-corrected chi connectivity index (χ2v) is 5.55. The number of halogens is 1. The van der Waals surface area contributed by atoms with Crippen molar-refractivity contribution in [3.8, 4) is 0 Å². The van der Waals surface area contributed by atoms with Gasteiger partial charge < -0.3 is 5.32 Å². The van der Waals surface area contributed by atoms with Crippen molar-refractivity contribution in [3.05, 3.63) is 57.5 Å². The average molecular weight is 291 g/mol. The number of hydrogen-bond donors (Lipinski definition) is 1. The normalized spacial score (nSPS) is 11.9. The zero-order chi connectivity index (χ0) is 14.7. The van der Waals surface area contributed by atoms with E-state index in [4.69, 9.17) is 0 Å². The molecule has 0 aliphatic carbocycles. The number of carbonyl (C=O) groups is 2. The molecule has 0 spiro atoms. The lowest BCUT2D eigenvalue weighted by molar-refractivity contribution is 0.0943. The number of ketones is 1. The van der Waals surface area contributed by atoms with Gasteiger partial charge in [0.05, 0.1) is 15.8 Å². The van der Waals surface area contributed by atoms with Crippen molar-refractivity contribution in [1.29, 1.82) is 0 Å². The third kappa shape index (κ3) is 3.30. The topological polar surface area (TPSA) is 46.2 Å². The number of rotatable bonds is 4. The van der Waals surface area contributed by atoms with Crippen LogP contribution < -0.4 is 5.32 Å². The summed E-state index contributed by atoms with van der Waals surface area (Å²) in [5, 5.41) is 2.82. The molecular weight excluding hydrogens is 277 g/mol. The SMILES string of the molecule is CC(=O)c1ccc(C(=O)N[C@@H](C)c2ccc(F)cc2)s1. The van der Waals surface area contributed by atoms with Gasteiger partial charge in [-0.1, -0.05) is 12.1 Å². The van der Waals surface area contributed by atoms with Gasteiger partial charge in [0.25, 0.3) is 5.91 Å². The van der Waals surface area contributed by atoms with Gasteiger partial charge in [0.2, 0.25) is 0 Å². The van der Waals surface area contributed by atoms with Crippen molar-refractivity contribution >= 4 is 23.0 Å². The molecule has 0 bridgehead atoms. The summed E-state index contributed by atoms with van der Waals surface area (Å²) >= 11 is 1.17. The van der Waals surface area contributed by atoms with Crippen molar-refractivity contribution < 1.29 is 14.0 Å². The number of benzene rings is 1. The van der Waals surface area contributed by atoms with E-state index in [1.807, 2.05) is 6.92 Å². The second-order valence-electron chi connectivity index (χ2n) is 4.47. The third-order valence-corrected chi connectivity index (χ3v) is 4.08. The van der Waals surface area contributed by atoms with Crippen LogP contribution in [0.2, 0.25) is 0 Å². The number of carbonyl (C=O) groups excluding carboxylic acids is 2. The zero-order valence-electron chi connectivity index (χ0n) is 11.1. The Hall–Kier alpha value is -2.01. The van der Waals surface area contributed by atoms with Gasteiger partial charge in [0, 0.05) is 0 Å². The molecule has 0 saturated heterocycles. The average Bonchev–Trinajstić information content (AvgIpc) is 2.89. The van der Waals surface area contributed by atoms with E-state index >= 15 is 0 Å². The fraction of sp³-hybridized carbons (Fsp3) is 0.200. The van der Waals surface area contributed by atoms with Crippen molar-refractivity contribution in [2.45, 2.75) is 19.9 Å². The van der Waals surface area contributed by atoms with Gasteiger partial charge in [0.15, 0.2) is 5.78 Å². The number of nitrogens with one attached hydrogen (secondary N) is 1. The Balaban J connectivity index is 2.06. The molecule has 3 nitrogen and oxygen atoms in total. The Morgan fingerprint density at radius 2 is 1.70 bits per heavy atom. The molecule has 20 heavy (non-hydrogen) atoms. The van der Waals surface area contributed by atoms with Crippen LogP contribution >= 0.6 is 11.3 Å². The minimum Gasteiger partial charge on any atom is -0.345 e. The molecule has 5 heteroatoms. The molecule has 1 atom stereocenters. The second kappa shape index (κ2) is 5.96. The highest BCUT2D eigenvalue weighted by molar-refractivity contribution is 7.15. The molecule has 1 aromatic carbocycles. The summed E-state index contributed by atoms with van der Waals surface area (Å²) in [6.45, 7) is 3.29. The van der Waals surface area contributed by atoms with Gasteiger partial charge in [-0.05, 0) is 43.7 Å². The van der Waals surface area contributed by atoms with Gasteiger partial charge in [-0.2, -0.15) is 0 Å². The Labute approximate surface area is 120 Å². The van der Waals surface area contributed by atoms with Crippen LogP contribution in [0.15, 0.2) is 36.4 Å². The molecule has 0 unspecified atom stereocenters. The number of amides is 1. The van der Waals surface area contributed by atoms with Crippen LogP contribution in [0.25, 0.3) is 0 Å². The first kappa shape index (κ1) is 14.4. The molecule has 0 radical (unpaired) electrons. The fourth-order valence-electron chi connectivity index (χ4n) is 1.75. The Kier molecular flexibility index (Phi) is 4.29. The summed E-state index contributed by atoms with van der Waals surface area (Å²) in [5.41, 5.74) is 0.822. The quantitative estimate of drug-likeness (QED) is 0.875. The largest absolute Gasteiger partial charge is 0.345 e. The van der Waals surface area contributed by atoms with Gasteiger partial charge in [0.1, 0.15) is 5.82 Å². The van der Waals surface area contributed by atoms with E-state index in [9.17, 15) is 14.0 Å². The first-order valence-corrected chi connectivity index (χ1v) is 6.96. The predicted octanol–water partition coefficient (Wildman–Crippen LogP) is 3.58. The van der Waals surface area contributed by atoms with Crippen LogP contribution in [0.3, 0.4) is 0 Å². The third-order valence-electron chi connectivity index (χ3n) is 2.89. The molecule has 104 valence electrons. The van der Waals surface area contributed by atoms with E-state index in [1.54, 1.807) is 24.3 Å². The smallest absolute Gasteiger partial charge is 0.261 e. The standard InChI is InChI=1S/C15H14FNO2S/c1-9(11-3-5-12(16)6-4-11)17-15(19)14-8-7-13(20-14)10(2)18/h3-9H,1-2H3,(H,17,19)/t9-/m0/s1. The van der Waals surface area contributed by atoms with Gasteiger partial charge >= 0.3 is 0 Å². The summed E-state index contributed by atoms with van der Waals surface area (Å²) < 4.78 is 12.8. The van der Waals surface area contributed by atoms with Gasteiger partial charge in [-0.3, -0.25) is 9.59 Å². The molecule has 0 aliphatic heterocycles. The fourth-order valence-corrected chi connectivity index (χ4v) is 2.56. The van der Waals surface area contributed by atoms with Gasteiger partial charge in [-0.25, -0.2) is 4.39 Å². The molecule has 1 aromatic heterocycles. The van der Waals surface area contributed by atoms with E-state index in [0.29, 0.717) is 9.75 Å². The Morgan fingerprint density at radius 1 is 1.10 bits per heavy atom. The van der Waals surface area contributed by atoms with E-state index in [-0.39, 0.29) is 23.5 Å². The van der Waals surface area contributed by atoms with E-state index < -0.39 is 0 Å². The van der Waals surface area contributed by atoms with Crippen LogP contribution in [0, 0.1) is 5.82 Å². The monoisotopic (exact) mass is 291 g/mol. The highest BCUT2D eigenvalue weighted by Crippen LogP contribution is 2.19. The summed E-state index contributed by atoms with van der Waals surface area (Å²) in [6.07, 6.45) is 0. The number of thiophene rings is 1. The van der Waals surface area contributed by atoms with Crippen molar-refractivity contribution in [2.24, 2.45) is 0 Å². The maximum atomic E-state index is 12.8. The van der Waals surface area contributed by atoms with Crippen LogP contribution in [-0.2, 0) is 0 Å². The minimum absolute atomic E-state index is 0.0550. The lowest BCUT2D eigenvalue weighted by atomic mass is 10.1. The molecule has 0 saturated carbocycles. The summed E-state index contributed by atoms with van der Waals surface area (Å²) in [5.74, 6) is -0.600. The lowest BCUT2D eigenvalue weighted by Gasteiger charge is -2.13. The molecule has 1 amide bonds. The summed E-state index contributed by atoms with van der Waals surface area (Å²) in [4.78, 5) is 24.3. The lowest BCUT2D eigenvalue weighted by Crippen LogP contribution is -2.25. The molecular formula is C15H14FNO2S. The van der Waals surface area contributed by atoms with Crippen molar-refractivity contribution in [2.75, 3.05) is 0 Å². The summed E-state index contributed by atoms with van der Waals surface area (Å²) in [6, 6.07) is 9.03. The van der Waals surface area contributed by atoms with Crippen molar-refractivity contribution in [1.82, 2.24) is 5.32 Å². The number of Topliss-reactive ketones (excluding diaryl/α,β-unsaturated/α-hetero) is 1. The van der Waals surface area contributed by atoms with E-state index in [1.165, 1.54) is 30.4 Å². The predicted molar refractivity (Wildman–Crippen MR) is 76.6 cm³/mol. The number of hydrogen-bond acceptors (Lipinski definition) is 3. The van der Waals surface area contributed by atoms with Crippen LogP contribution in [0.4, 0.5) is 4.39 Å². The van der Waals surface area contributed by atoms with Crippen LogP contribution in [-0.4, -0.2) is 11.7 Å². The van der Waals surface area contributed by atoms with Crippen LogP contribution in [0.1, 0.15) is 44.8 Å². The highest BCUT2D eigenvalue weighted by atomic mass is 32.1. The van der Waals surface area contributed by atoms with Crippen molar-refractivity contribution in [3.63, 3.8) is 0 Å². The molecule has 1 N–H and O–H groups in total. The maximum Gasteiger partial charge on any atom is 0.261 e. The molecule has 0 aliphatic rings. The van der Waals surface area contributed by atoms with E-state index in [0.717, 1.165) is 5.56 Å². The van der Waals surface area contributed by atoms with E-state index in [2.05, 4.69) is 5.32 Å². The first-order valence-electron chi connectivity index (χ1n) is 6.14. The first-order chi connectivity index (χ1) is 9.47. The van der Waals surface area contributed by atoms with Crippen LogP contribution in [0.5, 0.6) is 0 Å². The Morgan fingerprint density at radius 3 is 2.25 bits per heavy atom. The minimum atomic E-state index is -0.309. The Bertz CT molecular complexity index is 634. The van der Waals surface area contributed by atoms with Gasteiger partial charge in [-0.15, -0.1) is 11.3 Å². The molecule has 2 aromatic rings.